The first-order chi connectivity index (χ1) is 12.1. The second-order valence-electron chi connectivity index (χ2n) is 6.78. The molecule has 1 aromatic rings. The number of nitrogens with one attached hydrogen (secondary N) is 2. The molecule has 1 heterocycles. The van der Waals surface area contributed by atoms with E-state index in [0.717, 1.165) is 50.8 Å². The molecule has 1 fully saturated rings. The summed E-state index contributed by atoms with van der Waals surface area (Å²) < 4.78 is 18.8. The second-order valence-corrected chi connectivity index (χ2v) is 6.78. The van der Waals surface area contributed by atoms with Gasteiger partial charge in [-0.15, -0.1) is 24.0 Å². The molecule has 148 valence electrons. The Morgan fingerprint density at radius 3 is 2.42 bits per heavy atom. The quantitative estimate of drug-likeness (QED) is 0.360. The molecule has 0 saturated carbocycles. The van der Waals surface area contributed by atoms with Crippen molar-refractivity contribution in [2.75, 3.05) is 46.4 Å². The first kappa shape index (κ1) is 23.1. The molecule has 0 aliphatic carbocycles. The molecule has 0 amide bonds. The van der Waals surface area contributed by atoms with Gasteiger partial charge in [0.15, 0.2) is 5.96 Å². The van der Waals surface area contributed by atoms with Crippen LogP contribution in [0.2, 0.25) is 0 Å². The topological polar surface area (TPSA) is 48.9 Å². The Morgan fingerprint density at radius 1 is 1.19 bits per heavy atom. The average molecular weight is 478 g/mol. The minimum atomic E-state index is -0.205. The molecule has 0 spiro atoms. The van der Waals surface area contributed by atoms with Crippen molar-refractivity contribution in [3.63, 3.8) is 0 Å². The summed E-state index contributed by atoms with van der Waals surface area (Å²) in [7, 11) is 1.78. The summed E-state index contributed by atoms with van der Waals surface area (Å²) in [5.41, 5.74) is 1.11. The Hall–Kier alpha value is -0.930. The zero-order valence-corrected chi connectivity index (χ0v) is 18.3. The van der Waals surface area contributed by atoms with E-state index in [0.29, 0.717) is 12.5 Å². The van der Waals surface area contributed by atoms with E-state index in [1.165, 1.54) is 12.1 Å². The van der Waals surface area contributed by atoms with Crippen molar-refractivity contribution in [3.8, 4) is 0 Å². The highest BCUT2D eigenvalue weighted by molar-refractivity contribution is 14.0. The van der Waals surface area contributed by atoms with Gasteiger partial charge in [-0.3, -0.25) is 9.89 Å². The molecule has 1 aliphatic heterocycles. The van der Waals surface area contributed by atoms with Crippen molar-refractivity contribution in [2.24, 2.45) is 10.9 Å². The second kappa shape index (κ2) is 12.5. The van der Waals surface area contributed by atoms with Crippen LogP contribution in [0.25, 0.3) is 0 Å². The maximum absolute atomic E-state index is 13.3. The summed E-state index contributed by atoms with van der Waals surface area (Å²) in [5.74, 6) is 1.26. The summed E-state index contributed by atoms with van der Waals surface area (Å²) in [4.78, 5) is 6.68. The number of hydrogen-bond acceptors (Lipinski definition) is 3. The van der Waals surface area contributed by atoms with Crippen LogP contribution in [0.3, 0.4) is 0 Å². The molecule has 7 heteroatoms. The number of guanidine groups is 1. The van der Waals surface area contributed by atoms with Crippen molar-refractivity contribution in [2.45, 2.75) is 26.3 Å². The van der Waals surface area contributed by atoms with Gasteiger partial charge in [-0.1, -0.05) is 26.0 Å². The fourth-order valence-electron chi connectivity index (χ4n) is 2.93. The van der Waals surface area contributed by atoms with E-state index >= 15 is 0 Å². The summed E-state index contributed by atoms with van der Waals surface area (Å²) in [6.45, 7) is 9.26. The Balaban J connectivity index is 0.00000338. The smallest absolute Gasteiger partial charge is 0.191 e. The number of ether oxygens (including phenoxy) is 1. The molecule has 5 nitrogen and oxygen atoms in total. The molecule has 1 unspecified atom stereocenters. The van der Waals surface area contributed by atoms with Crippen LogP contribution in [-0.4, -0.2) is 57.3 Å². The van der Waals surface area contributed by atoms with Crippen molar-refractivity contribution >= 4 is 29.9 Å². The summed E-state index contributed by atoms with van der Waals surface area (Å²) in [6, 6.07) is 6.95. The van der Waals surface area contributed by atoms with Gasteiger partial charge in [0, 0.05) is 33.2 Å². The molecule has 2 rings (SSSR count). The largest absolute Gasteiger partial charge is 0.379 e. The Labute approximate surface area is 173 Å². The molecule has 1 saturated heterocycles. The Kier molecular flexibility index (Phi) is 11.1. The van der Waals surface area contributed by atoms with Gasteiger partial charge in [-0.05, 0) is 30.0 Å². The predicted molar refractivity (Wildman–Crippen MR) is 116 cm³/mol. The monoisotopic (exact) mass is 478 g/mol. The van der Waals surface area contributed by atoms with E-state index in [9.17, 15) is 4.39 Å². The number of rotatable bonds is 7. The predicted octanol–water partition coefficient (Wildman–Crippen LogP) is 3.03. The van der Waals surface area contributed by atoms with Gasteiger partial charge in [-0.25, -0.2) is 4.39 Å². The fraction of sp³-hybridized carbons (Fsp3) is 0.632. The lowest BCUT2D eigenvalue weighted by atomic mass is 10.0. The third-order valence-electron chi connectivity index (χ3n) is 4.44. The molecule has 1 aliphatic rings. The highest BCUT2D eigenvalue weighted by Gasteiger charge is 2.23. The van der Waals surface area contributed by atoms with Crippen molar-refractivity contribution < 1.29 is 9.13 Å². The summed E-state index contributed by atoms with van der Waals surface area (Å²) in [5, 5.41) is 6.77. The van der Waals surface area contributed by atoms with E-state index < -0.39 is 0 Å². The van der Waals surface area contributed by atoms with E-state index in [1.807, 2.05) is 12.1 Å². The van der Waals surface area contributed by atoms with E-state index in [2.05, 4.69) is 34.4 Å². The summed E-state index contributed by atoms with van der Waals surface area (Å²) >= 11 is 0. The van der Waals surface area contributed by atoms with Crippen LogP contribution in [-0.2, 0) is 4.74 Å². The first-order valence-corrected chi connectivity index (χ1v) is 9.12. The zero-order chi connectivity index (χ0) is 18.1. The minimum Gasteiger partial charge on any atom is -0.379 e. The summed E-state index contributed by atoms with van der Waals surface area (Å²) in [6.07, 6.45) is 1.10. The Bertz CT molecular complexity index is 533. The lowest BCUT2D eigenvalue weighted by molar-refractivity contribution is 0.0170. The van der Waals surface area contributed by atoms with Crippen LogP contribution in [0.1, 0.15) is 31.9 Å². The minimum absolute atomic E-state index is 0. The molecular formula is C19H32FIN4O. The highest BCUT2D eigenvalue weighted by atomic mass is 127. The first-order valence-electron chi connectivity index (χ1n) is 9.12. The van der Waals surface area contributed by atoms with E-state index in [4.69, 9.17) is 4.74 Å². The lowest BCUT2D eigenvalue weighted by Gasteiger charge is -2.35. The van der Waals surface area contributed by atoms with Gasteiger partial charge in [0.05, 0.1) is 19.3 Å². The maximum atomic E-state index is 13.3. The normalized spacial score (nSPS) is 16.9. The van der Waals surface area contributed by atoms with Crippen LogP contribution in [0.5, 0.6) is 0 Å². The van der Waals surface area contributed by atoms with Crippen molar-refractivity contribution in [1.82, 2.24) is 15.5 Å². The standard InChI is InChI=1S/C19H31FN4O.HI/c1-15(2)8-9-22-19(21-3)23-14-18(24-10-12-25-13-11-24)16-4-6-17(20)7-5-16;/h4-7,15,18H,8-14H2,1-3H3,(H2,21,22,23);1H. The van der Waals surface area contributed by atoms with Crippen LogP contribution in [0.15, 0.2) is 29.3 Å². The van der Waals surface area contributed by atoms with Crippen molar-refractivity contribution in [3.05, 3.63) is 35.6 Å². The molecule has 0 radical (unpaired) electrons. The molecule has 1 atom stereocenters. The van der Waals surface area contributed by atoms with Crippen LogP contribution in [0.4, 0.5) is 4.39 Å². The number of aliphatic imine (C=N–C) groups is 1. The zero-order valence-electron chi connectivity index (χ0n) is 16.0. The van der Waals surface area contributed by atoms with Gasteiger partial charge in [0.2, 0.25) is 0 Å². The molecule has 0 bridgehead atoms. The Morgan fingerprint density at radius 2 is 1.85 bits per heavy atom. The third kappa shape index (κ3) is 7.75. The average Bonchev–Trinajstić information content (AvgIpc) is 2.62. The van der Waals surface area contributed by atoms with Crippen LogP contribution >= 0.6 is 24.0 Å². The SMILES string of the molecule is CN=C(NCCC(C)C)NCC(c1ccc(F)cc1)N1CCOCC1.I. The number of morpholine rings is 1. The molecular weight excluding hydrogens is 446 g/mol. The van der Waals surface area contributed by atoms with E-state index in [-0.39, 0.29) is 35.8 Å². The molecule has 26 heavy (non-hydrogen) atoms. The highest BCUT2D eigenvalue weighted by Crippen LogP contribution is 2.21. The molecule has 1 aromatic carbocycles. The number of benzene rings is 1. The molecule has 0 aromatic heterocycles. The third-order valence-corrected chi connectivity index (χ3v) is 4.44. The fourth-order valence-corrected chi connectivity index (χ4v) is 2.93. The van der Waals surface area contributed by atoms with Gasteiger partial charge < -0.3 is 15.4 Å². The molecule has 2 N–H and O–H groups in total. The van der Waals surface area contributed by atoms with E-state index in [1.54, 1.807) is 7.05 Å². The van der Waals surface area contributed by atoms with Crippen LogP contribution in [0, 0.1) is 11.7 Å². The van der Waals surface area contributed by atoms with Gasteiger partial charge >= 0.3 is 0 Å². The van der Waals surface area contributed by atoms with Gasteiger partial charge in [0.25, 0.3) is 0 Å². The lowest BCUT2D eigenvalue weighted by Crippen LogP contribution is -2.46. The van der Waals surface area contributed by atoms with Crippen molar-refractivity contribution in [1.29, 1.82) is 0 Å². The van der Waals surface area contributed by atoms with Gasteiger partial charge in [0.1, 0.15) is 5.82 Å². The number of halogens is 2. The number of hydrogen-bond donors (Lipinski definition) is 2. The van der Waals surface area contributed by atoms with Crippen LogP contribution < -0.4 is 10.6 Å². The maximum Gasteiger partial charge on any atom is 0.191 e. The van der Waals surface area contributed by atoms with Gasteiger partial charge in [-0.2, -0.15) is 0 Å². The number of nitrogens with zero attached hydrogens (tertiary/aromatic N) is 2.